The number of ether oxygens (including phenoxy) is 1. The number of thiazole rings is 1. The minimum absolute atomic E-state index is 0.364. The Labute approximate surface area is 129 Å². The molecule has 0 radical (unpaired) electrons. The van der Waals surface area contributed by atoms with Gasteiger partial charge in [-0.05, 0) is 30.3 Å². The van der Waals surface area contributed by atoms with Crippen LogP contribution >= 0.6 is 22.9 Å². The molecule has 0 saturated heterocycles. The summed E-state index contributed by atoms with van der Waals surface area (Å²) in [4.78, 5) is 4.45. The van der Waals surface area contributed by atoms with E-state index < -0.39 is 0 Å². The van der Waals surface area contributed by atoms with Crippen LogP contribution < -0.4 is 4.74 Å². The Morgan fingerprint density at radius 3 is 2.90 bits per heavy atom. The molecule has 0 fully saturated rings. The number of benzene rings is 2. The van der Waals surface area contributed by atoms with E-state index in [1.165, 1.54) is 11.3 Å². The summed E-state index contributed by atoms with van der Waals surface area (Å²) >= 11 is 7.30. The second-order valence-corrected chi connectivity index (χ2v) is 5.86. The molecule has 4 rings (SSSR count). The monoisotopic (exact) mass is 315 g/mol. The lowest BCUT2D eigenvalue weighted by Crippen LogP contribution is -1.81. The standard InChI is InChI=1S/C16H10ClNO2S/c17-9-12-7-10-5-6-11(8-14(10)19-12)20-16-18-13-3-1-2-4-15(13)21-16/h1-8H,9H2. The van der Waals surface area contributed by atoms with Crippen molar-refractivity contribution >= 4 is 44.1 Å². The fourth-order valence-electron chi connectivity index (χ4n) is 2.19. The van der Waals surface area contributed by atoms with Crippen LogP contribution in [-0.4, -0.2) is 4.98 Å². The molecule has 0 aliphatic carbocycles. The van der Waals surface area contributed by atoms with Crippen LogP contribution in [0.4, 0.5) is 0 Å². The van der Waals surface area contributed by atoms with Crippen LogP contribution in [0.15, 0.2) is 52.9 Å². The number of rotatable bonds is 3. The summed E-state index contributed by atoms with van der Waals surface area (Å²) in [5, 5.41) is 1.64. The largest absolute Gasteiger partial charge is 0.460 e. The van der Waals surface area contributed by atoms with Gasteiger partial charge in [-0.2, -0.15) is 0 Å². The molecule has 2 aromatic carbocycles. The van der Waals surface area contributed by atoms with Gasteiger partial charge in [0.2, 0.25) is 0 Å². The molecule has 104 valence electrons. The first-order valence-corrected chi connectivity index (χ1v) is 7.79. The molecular weight excluding hydrogens is 306 g/mol. The van der Waals surface area contributed by atoms with Crippen LogP contribution in [-0.2, 0) is 5.88 Å². The van der Waals surface area contributed by atoms with Gasteiger partial charge in [0, 0.05) is 11.5 Å². The highest BCUT2D eigenvalue weighted by Gasteiger charge is 2.08. The number of fused-ring (bicyclic) bond motifs is 2. The zero-order valence-corrected chi connectivity index (χ0v) is 12.4. The number of alkyl halides is 1. The van der Waals surface area contributed by atoms with E-state index in [2.05, 4.69) is 4.98 Å². The van der Waals surface area contributed by atoms with E-state index in [0.29, 0.717) is 16.8 Å². The van der Waals surface area contributed by atoms with Gasteiger partial charge >= 0.3 is 0 Å². The summed E-state index contributed by atoms with van der Waals surface area (Å²) in [5.74, 6) is 1.82. The van der Waals surface area contributed by atoms with Gasteiger partial charge in [-0.1, -0.05) is 23.5 Å². The minimum atomic E-state index is 0.364. The normalized spacial score (nSPS) is 11.3. The van der Waals surface area contributed by atoms with E-state index in [1.54, 1.807) is 0 Å². The summed E-state index contributed by atoms with van der Waals surface area (Å²) in [6.45, 7) is 0. The molecule has 0 unspecified atom stereocenters. The molecular formula is C16H10ClNO2S. The number of aromatic nitrogens is 1. The Bertz CT molecular complexity index is 895. The first-order valence-electron chi connectivity index (χ1n) is 6.44. The molecule has 3 nitrogen and oxygen atoms in total. The molecule has 21 heavy (non-hydrogen) atoms. The van der Waals surface area contributed by atoms with Crippen molar-refractivity contribution in [3.8, 4) is 10.9 Å². The lowest BCUT2D eigenvalue weighted by Gasteiger charge is -2.00. The van der Waals surface area contributed by atoms with Crippen LogP contribution in [0, 0.1) is 0 Å². The molecule has 2 heterocycles. The summed E-state index contributed by atoms with van der Waals surface area (Å²) in [7, 11) is 0. The molecule has 0 N–H and O–H groups in total. The van der Waals surface area contributed by atoms with Gasteiger partial charge in [0.05, 0.1) is 16.1 Å². The fraction of sp³-hybridized carbons (Fsp3) is 0.0625. The molecule has 0 aliphatic rings. The fourth-order valence-corrected chi connectivity index (χ4v) is 3.16. The van der Waals surface area contributed by atoms with Gasteiger partial charge in [0.1, 0.15) is 17.1 Å². The average Bonchev–Trinajstić information content (AvgIpc) is 3.09. The number of hydrogen-bond donors (Lipinski definition) is 0. The maximum Gasteiger partial charge on any atom is 0.279 e. The SMILES string of the molecule is ClCc1cc2ccc(Oc3nc4ccccc4s3)cc2o1. The van der Waals surface area contributed by atoms with Crippen molar-refractivity contribution in [2.45, 2.75) is 5.88 Å². The Morgan fingerprint density at radius 2 is 2.05 bits per heavy atom. The van der Waals surface area contributed by atoms with E-state index >= 15 is 0 Å². The quantitative estimate of drug-likeness (QED) is 0.463. The third-order valence-corrected chi connectivity index (χ3v) is 4.33. The van der Waals surface area contributed by atoms with Crippen molar-refractivity contribution in [2.75, 3.05) is 0 Å². The lowest BCUT2D eigenvalue weighted by atomic mass is 10.2. The minimum Gasteiger partial charge on any atom is -0.460 e. The van der Waals surface area contributed by atoms with Crippen molar-refractivity contribution in [1.29, 1.82) is 0 Å². The predicted octanol–water partition coefficient (Wildman–Crippen LogP) is 5.57. The molecule has 0 aliphatic heterocycles. The van der Waals surface area contributed by atoms with Crippen molar-refractivity contribution in [3.63, 3.8) is 0 Å². The molecule has 0 saturated carbocycles. The highest BCUT2D eigenvalue weighted by molar-refractivity contribution is 7.20. The van der Waals surface area contributed by atoms with Crippen LogP contribution in [0.1, 0.15) is 5.76 Å². The van der Waals surface area contributed by atoms with Gasteiger partial charge in [0.15, 0.2) is 0 Å². The van der Waals surface area contributed by atoms with Crippen molar-refractivity contribution in [1.82, 2.24) is 4.98 Å². The Kier molecular flexibility index (Phi) is 3.05. The first-order chi connectivity index (χ1) is 10.3. The molecule has 0 atom stereocenters. The summed E-state index contributed by atoms with van der Waals surface area (Å²) in [5.41, 5.74) is 1.71. The van der Waals surface area contributed by atoms with Gasteiger partial charge in [0.25, 0.3) is 5.19 Å². The van der Waals surface area contributed by atoms with Gasteiger partial charge in [-0.25, -0.2) is 4.98 Å². The average molecular weight is 316 g/mol. The van der Waals surface area contributed by atoms with Gasteiger partial charge < -0.3 is 9.15 Å². The Balaban J connectivity index is 1.69. The molecule has 0 spiro atoms. The van der Waals surface area contributed by atoms with Crippen molar-refractivity contribution in [3.05, 3.63) is 54.3 Å². The predicted molar refractivity (Wildman–Crippen MR) is 85.5 cm³/mol. The Morgan fingerprint density at radius 1 is 1.14 bits per heavy atom. The third-order valence-electron chi connectivity index (χ3n) is 3.15. The third kappa shape index (κ3) is 2.37. The van der Waals surface area contributed by atoms with E-state index in [-0.39, 0.29) is 0 Å². The highest BCUT2D eigenvalue weighted by Crippen LogP contribution is 2.33. The molecule has 2 aromatic heterocycles. The second kappa shape index (κ2) is 5.06. The van der Waals surface area contributed by atoms with Crippen LogP contribution in [0.5, 0.6) is 10.9 Å². The first kappa shape index (κ1) is 12.7. The zero-order valence-electron chi connectivity index (χ0n) is 10.9. The maximum absolute atomic E-state index is 5.83. The van der Waals surface area contributed by atoms with E-state index in [4.69, 9.17) is 20.8 Å². The van der Waals surface area contributed by atoms with Gasteiger partial charge in [-0.15, -0.1) is 11.6 Å². The smallest absolute Gasteiger partial charge is 0.279 e. The van der Waals surface area contributed by atoms with Gasteiger partial charge in [-0.3, -0.25) is 0 Å². The van der Waals surface area contributed by atoms with Crippen LogP contribution in [0.2, 0.25) is 0 Å². The number of halogens is 1. The van der Waals surface area contributed by atoms with Crippen molar-refractivity contribution in [2.24, 2.45) is 0 Å². The summed E-state index contributed by atoms with van der Waals surface area (Å²) in [6, 6.07) is 15.6. The number of para-hydroxylation sites is 1. The highest BCUT2D eigenvalue weighted by atomic mass is 35.5. The van der Waals surface area contributed by atoms with E-state index in [9.17, 15) is 0 Å². The molecule has 0 bridgehead atoms. The Hall–Kier alpha value is -2.04. The molecule has 0 amide bonds. The lowest BCUT2D eigenvalue weighted by molar-refractivity contribution is 0.479. The summed E-state index contributed by atoms with van der Waals surface area (Å²) < 4.78 is 12.6. The van der Waals surface area contributed by atoms with Crippen LogP contribution in [0.25, 0.3) is 21.2 Å². The van der Waals surface area contributed by atoms with E-state index in [0.717, 1.165) is 26.9 Å². The number of nitrogens with zero attached hydrogens (tertiary/aromatic N) is 1. The molecule has 4 aromatic rings. The zero-order chi connectivity index (χ0) is 14.2. The van der Waals surface area contributed by atoms with Crippen LogP contribution in [0.3, 0.4) is 0 Å². The van der Waals surface area contributed by atoms with Crippen molar-refractivity contribution < 1.29 is 9.15 Å². The number of furan rings is 1. The summed E-state index contributed by atoms with van der Waals surface area (Å²) in [6.07, 6.45) is 0. The second-order valence-electron chi connectivity index (χ2n) is 4.60. The van der Waals surface area contributed by atoms with E-state index in [1.807, 2.05) is 48.5 Å². The topological polar surface area (TPSA) is 35.3 Å². The maximum atomic E-state index is 5.83. The number of hydrogen-bond acceptors (Lipinski definition) is 4. The molecule has 5 heteroatoms.